The van der Waals surface area contributed by atoms with Crippen LogP contribution in [0, 0.1) is 0 Å². The lowest BCUT2D eigenvalue weighted by Crippen LogP contribution is -2.62. The maximum absolute atomic E-state index is 14.3. The van der Waals surface area contributed by atoms with Gasteiger partial charge >= 0.3 is 5.92 Å². The van der Waals surface area contributed by atoms with Crippen LogP contribution in [0.1, 0.15) is 25.7 Å². The number of hydrogen-bond acceptors (Lipinski definition) is 3. The van der Waals surface area contributed by atoms with E-state index in [1.165, 1.54) is 11.9 Å². The molecule has 1 aliphatic heterocycles. The van der Waals surface area contributed by atoms with E-state index < -0.39 is 23.5 Å². The Morgan fingerprint density at radius 1 is 1.33 bits per heavy atom. The zero-order valence-electron chi connectivity index (χ0n) is 13.4. The number of benzene rings is 1. The van der Waals surface area contributed by atoms with Crippen molar-refractivity contribution in [2.45, 2.75) is 43.2 Å². The third-order valence-corrected chi connectivity index (χ3v) is 5.07. The lowest BCUT2D eigenvalue weighted by atomic mass is 9.75. The molecule has 3 rings (SSSR count). The topological polar surface area (TPSA) is 60.9 Å². The summed E-state index contributed by atoms with van der Waals surface area (Å²) in [6, 6.07) is 7.96. The zero-order valence-corrected chi connectivity index (χ0v) is 13.4. The van der Waals surface area contributed by atoms with Crippen LogP contribution < -0.4 is 4.90 Å². The summed E-state index contributed by atoms with van der Waals surface area (Å²) in [5, 5.41) is 9.90. The second kappa shape index (κ2) is 5.81. The molecule has 1 saturated heterocycles. The Balaban J connectivity index is 1.75. The first-order valence-corrected chi connectivity index (χ1v) is 8.02. The van der Waals surface area contributed by atoms with E-state index in [1.54, 1.807) is 24.3 Å². The molecule has 1 heterocycles. The molecule has 1 saturated carbocycles. The van der Waals surface area contributed by atoms with E-state index in [0.717, 1.165) is 4.90 Å². The van der Waals surface area contributed by atoms with Gasteiger partial charge in [0.15, 0.2) is 0 Å². The normalized spacial score (nSPS) is 23.1. The molecule has 1 aromatic carbocycles. The lowest BCUT2D eigenvalue weighted by molar-refractivity contribution is -0.223. The number of halogens is 2. The van der Waals surface area contributed by atoms with Crippen molar-refractivity contribution >= 4 is 17.5 Å². The van der Waals surface area contributed by atoms with Crippen LogP contribution >= 0.6 is 0 Å². The predicted molar refractivity (Wildman–Crippen MR) is 83.7 cm³/mol. The van der Waals surface area contributed by atoms with Gasteiger partial charge < -0.3 is 14.9 Å². The summed E-state index contributed by atoms with van der Waals surface area (Å²) in [4.78, 5) is 27.0. The SMILES string of the molecule is CN(C(=O)C(F)(F)C1(O)CCC1)C1CCN(c2ccccc2)C1=O. The van der Waals surface area contributed by atoms with E-state index in [1.807, 2.05) is 6.07 Å². The van der Waals surface area contributed by atoms with Gasteiger partial charge in [-0.3, -0.25) is 9.59 Å². The van der Waals surface area contributed by atoms with Crippen LogP contribution in [0.2, 0.25) is 0 Å². The van der Waals surface area contributed by atoms with E-state index in [4.69, 9.17) is 0 Å². The monoisotopic (exact) mass is 338 g/mol. The van der Waals surface area contributed by atoms with Crippen molar-refractivity contribution in [3.05, 3.63) is 30.3 Å². The fourth-order valence-corrected chi connectivity index (χ4v) is 3.28. The Kier molecular flexibility index (Phi) is 4.07. The van der Waals surface area contributed by atoms with Crippen molar-refractivity contribution in [3.8, 4) is 0 Å². The van der Waals surface area contributed by atoms with Gasteiger partial charge in [-0.1, -0.05) is 18.2 Å². The van der Waals surface area contributed by atoms with Crippen LogP contribution in [0.3, 0.4) is 0 Å². The molecule has 1 aliphatic carbocycles. The molecule has 130 valence electrons. The number of para-hydroxylation sites is 1. The van der Waals surface area contributed by atoms with Crippen LogP contribution in [0.25, 0.3) is 0 Å². The third-order valence-electron chi connectivity index (χ3n) is 5.07. The highest BCUT2D eigenvalue weighted by Crippen LogP contribution is 2.45. The number of anilines is 1. The molecule has 1 aromatic rings. The first-order valence-electron chi connectivity index (χ1n) is 8.02. The number of rotatable bonds is 4. The molecule has 2 amide bonds. The minimum atomic E-state index is -3.87. The van der Waals surface area contributed by atoms with Gasteiger partial charge in [-0.15, -0.1) is 0 Å². The van der Waals surface area contributed by atoms with Crippen molar-refractivity contribution in [3.63, 3.8) is 0 Å². The van der Waals surface area contributed by atoms with Gasteiger partial charge in [-0.05, 0) is 37.8 Å². The summed E-state index contributed by atoms with van der Waals surface area (Å²) in [6.07, 6.45) is 0.542. The summed E-state index contributed by atoms with van der Waals surface area (Å²) < 4.78 is 28.7. The molecule has 24 heavy (non-hydrogen) atoms. The average molecular weight is 338 g/mol. The highest BCUT2D eigenvalue weighted by atomic mass is 19.3. The fraction of sp³-hybridized carbons (Fsp3) is 0.529. The Morgan fingerprint density at radius 3 is 2.50 bits per heavy atom. The van der Waals surface area contributed by atoms with Gasteiger partial charge in [-0.25, -0.2) is 0 Å². The molecular weight excluding hydrogens is 318 g/mol. The van der Waals surface area contributed by atoms with Crippen molar-refractivity contribution in [2.24, 2.45) is 0 Å². The Morgan fingerprint density at radius 2 is 1.96 bits per heavy atom. The quantitative estimate of drug-likeness (QED) is 0.911. The number of carbonyl (C=O) groups is 2. The second-order valence-corrected chi connectivity index (χ2v) is 6.51. The molecule has 1 atom stereocenters. The maximum atomic E-state index is 14.3. The number of likely N-dealkylation sites (N-methyl/N-ethyl adjacent to an activating group) is 1. The van der Waals surface area contributed by atoms with E-state index in [0.29, 0.717) is 18.7 Å². The maximum Gasteiger partial charge on any atom is 0.352 e. The Labute approximate surface area is 138 Å². The van der Waals surface area contributed by atoms with Crippen LogP contribution in [-0.4, -0.2) is 53.0 Å². The van der Waals surface area contributed by atoms with Crippen molar-refractivity contribution in [1.82, 2.24) is 4.90 Å². The van der Waals surface area contributed by atoms with Gasteiger partial charge in [0.05, 0.1) is 0 Å². The minimum Gasteiger partial charge on any atom is -0.383 e. The molecule has 1 N–H and O–H groups in total. The van der Waals surface area contributed by atoms with Crippen molar-refractivity contribution < 1.29 is 23.5 Å². The largest absolute Gasteiger partial charge is 0.383 e. The van der Waals surface area contributed by atoms with Gasteiger partial charge in [-0.2, -0.15) is 8.78 Å². The van der Waals surface area contributed by atoms with E-state index in [-0.39, 0.29) is 25.2 Å². The van der Waals surface area contributed by atoms with E-state index in [2.05, 4.69) is 0 Å². The van der Waals surface area contributed by atoms with Gasteiger partial charge in [0.1, 0.15) is 11.6 Å². The van der Waals surface area contributed by atoms with E-state index in [9.17, 15) is 23.5 Å². The molecule has 5 nitrogen and oxygen atoms in total. The van der Waals surface area contributed by atoms with Crippen LogP contribution in [0.4, 0.5) is 14.5 Å². The van der Waals surface area contributed by atoms with Crippen LogP contribution in [-0.2, 0) is 9.59 Å². The number of carbonyl (C=O) groups excluding carboxylic acids is 2. The van der Waals surface area contributed by atoms with Crippen LogP contribution in [0.15, 0.2) is 30.3 Å². The van der Waals surface area contributed by atoms with Gasteiger partial charge in [0.25, 0.3) is 5.91 Å². The highest BCUT2D eigenvalue weighted by molar-refractivity contribution is 6.02. The molecular formula is C17H20F2N2O3. The summed E-state index contributed by atoms with van der Waals surface area (Å²) in [6.45, 7) is 0.362. The number of aliphatic hydroxyl groups is 1. The summed E-state index contributed by atoms with van der Waals surface area (Å²) in [5.74, 6) is -5.74. The smallest absolute Gasteiger partial charge is 0.352 e. The van der Waals surface area contributed by atoms with Gasteiger partial charge in [0.2, 0.25) is 5.91 Å². The summed E-state index contributed by atoms with van der Waals surface area (Å²) in [7, 11) is 1.20. The first-order chi connectivity index (χ1) is 11.3. The zero-order chi connectivity index (χ0) is 17.5. The van der Waals surface area contributed by atoms with Crippen LogP contribution in [0.5, 0.6) is 0 Å². The molecule has 0 aromatic heterocycles. The van der Waals surface area contributed by atoms with Crippen molar-refractivity contribution in [1.29, 1.82) is 0 Å². The van der Waals surface area contributed by atoms with Gasteiger partial charge in [0, 0.05) is 19.3 Å². The summed E-state index contributed by atoms with van der Waals surface area (Å²) >= 11 is 0. The molecule has 1 unspecified atom stereocenters. The third kappa shape index (κ3) is 2.47. The number of hydrogen-bond donors (Lipinski definition) is 1. The summed E-state index contributed by atoms with van der Waals surface area (Å²) in [5.41, 5.74) is -1.60. The minimum absolute atomic E-state index is 0.103. The molecule has 2 fully saturated rings. The Hall–Kier alpha value is -2.02. The predicted octanol–water partition coefficient (Wildman–Crippen LogP) is 1.80. The second-order valence-electron chi connectivity index (χ2n) is 6.51. The molecule has 0 spiro atoms. The average Bonchev–Trinajstić information content (AvgIpc) is 2.93. The molecule has 0 radical (unpaired) electrons. The molecule has 0 bridgehead atoms. The lowest BCUT2D eigenvalue weighted by Gasteiger charge is -2.43. The fourth-order valence-electron chi connectivity index (χ4n) is 3.28. The molecule has 7 heteroatoms. The number of alkyl halides is 2. The molecule has 2 aliphatic rings. The van der Waals surface area contributed by atoms with E-state index >= 15 is 0 Å². The van der Waals surface area contributed by atoms with Crippen molar-refractivity contribution in [2.75, 3.05) is 18.5 Å². The Bertz CT molecular complexity index is 646. The number of nitrogens with zero attached hydrogens (tertiary/aromatic N) is 2. The standard InChI is InChI=1S/C17H20F2N2O3/c1-20(15(23)17(18,19)16(24)9-5-10-16)13-8-11-21(14(13)22)12-6-3-2-4-7-12/h2-4,6-7,13,24H,5,8-11H2,1H3. The highest BCUT2D eigenvalue weighted by Gasteiger charge is 2.62. The first kappa shape index (κ1) is 16.8. The number of amides is 2.